The molecule has 0 saturated heterocycles. The minimum Gasteiger partial charge on any atom is -0.352 e. The van der Waals surface area contributed by atoms with Gasteiger partial charge in [-0.1, -0.05) is 35.3 Å². The zero-order valence-electron chi connectivity index (χ0n) is 14.5. The van der Waals surface area contributed by atoms with Gasteiger partial charge in [-0.25, -0.2) is 0 Å². The lowest BCUT2D eigenvalue weighted by Gasteiger charge is -2.21. The van der Waals surface area contributed by atoms with Crippen molar-refractivity contribution in [3.05, 3.63) is 63.9 Å². The van der Waals surface area contributed by atoms with Crippen LogP contribution in [0.15, 0.2) is 42.7 Å². The van der Waals surface area contributed by atoms with Gasteiger partial charge in [-0.05, 0) is 35.7 Å². The van der Waals surface area contributed by atoms with Gasteiger partial charge in [-0.15, -0.1) is 0 Å². The monoisotopic (exact) mass is 393 g/mol. The van der Waals surface area contributed by atoms with E-state index in [1.807, 2.05) is 18.2 Å². The summed E-state index contributed by atoms with van der Waals surface area (Å²) in [6.07, 6.45) is 4.24. The minimum atomic E-state index is -0.107. The van der Waals surface area contributed by atoms with Crippen LogP contribution >= 0.6 is 23.2 Å². The molecule has 1 heterocycles. The molecule has 0 bridgehead atoms. The number of nitrogens with zero attached hydrogens (tertiary/aromatic N) is 2. The van der Waals surface area contributed by atoms with Crippen LogP contribution in [0, 0.1) is 0 Å². The average molecular weight is 394 g/mol. The van der Waals surface area contributed by atoms with Crippen LogP contribution in [-0.4, -0.2) is 34.8 Å². The van der Waals surface area contributed by atoms with Crippen molar-refractivity contribution < 1.29 is 9.59 Å². The van der Waals surface area contributed by atoms with E-state index < -0.39 is 0 Å². The lowest BCUT2D eigenvalue weighted by atomic mass is 10.1. The normalized spacial score (nSPS) is 10.4. The molecule has 5 nitrogen and oxygen atoms in total. The van der Waals surface area contributed by atoms with Crippen molar-refractivity contribution in [3.63, 3.8) is 0 Å². The van der Waals surface area contributed by atoms with Crippen molar-refractivity contribution >= 4 is 35.0 Å². The number of halogens is 2. The highest BCUT2D eigenvalue weighted by Gasteiger charge is 2.12. The van der Waals surface area contributed by atoms with Crippen LogP contribution in [0.5, 0.6) is 0 Å². The molecule has 0 aliphatic rings. The summed E-state index contributed by atoms with van der Waals surface area (Å²) in [4.78, 5) is 29.5. The predicted octanol–water partition coefficient (Wildman–Crippen LogP) is 3.49. The largest absolute Gasteiger partial charge is 0.352 e. The second-order valence-electron chi connectivity index (χ2n) is 5.88. The molecule has 2 amide bonds. The highest BCUT2D eigenvalue weighted by Crippen LogP contribution is 2.21. The second-order valence-corrected chi connectivity index (χ2v) is 6.72. The first kappa shape index (κ1) is 20.2. The molecular formula is C19H21Cl2N3O2. The summed E-state index contributed by atoms with van der Waals surface area (Å²) >= 11 is 12.1. The van der Waals surface area contributed by atoms with E-state index in [1.165, 1.54) is 6.92 Å². The molecular weight excluding hydrogens is 373 g/mol. The molecule has 0 unspecified atom stereocenters. The molecule has 1 N–H and O–H groups in total. The Balaban J connectivity index is 1.80. The van der Waals surface area contributed by atoms with Gasteiger partial charge in [0.05, 0.1) is 0 Å². The first-order valence-electron chi connectivity index (χ1n) is 8.30. The van der Waals surface area contributed by atoms with Crippen LogP contribution < -0.4 is 5.32 Å². The van der Waals surface area contributed by atoms with Crippen LogP contribution in [0.3, 0.4) is 0 Å². The quantitative estimate of drug-likeness (QED) is 0.746. The third-order valence-corrected chi connectivity index (χ3v) is 4.52. The number of carbonyl (C=O) groups excluding carboxylic acids is 2. The fourth-order valence-electron chi connectivity index (χ4n) is 2.43. The van der Waals surface area contributed by atoms with E-state index >= 15 is 0 Å². The summed E-state index contributed by atoms with van der Waals surface area (Å²) in [6.45, 7) is 2.77. The number of nitrogens with one attached hydrogen (secondary N) is 1. The Morgan fingerprint density at radius 1 is 1.19 bits per heavy atom. The van der Waals surface area contributed by atoms with Gasteiger partial charge < -0.3 is 10.2 Å². The molecule has 0 radical (unpaired) electrons. The molecule has 0 atom stereocenters. The van der Waals surface area contributed by atoms with E-state index in [0.29, 0.717) is 36.1 Å². The van der Waals surface area contributed by atoms with Crippen LogP contribution in [0.1, 0.15) is 24.5 Å². The molecule has 7 heteroatoms. The van der Waals surface area contributed by atoms with Gasteiger partial charge in [0.15, 0.2) is 0 Å². The SMILES string of the molecule is CC(=O)N(CCC(=O)NCc1cccnc1)CCc1ccc(Cl)cc1Cl. The number of carbonyl (C=O) groups is 2. The van der Waals surface area contributed by atoms with Gasteiger partial charge in [-0.3, -0.25) is 14.6 Å². The Morgan fingerprint density at radius 2 is 2.00 bits per heavy atom. The number of hydrogen-bond acceptors (Lipinski definition) is 3. The number of amides is 2. The molecule has 138 valence electrons. The van der Waals surface area contributed by atoms with Crippen molar-refractivity contribution in [2.24, 2.45) is 0 Å². The van der Waals surface area contributed by atoms with E-state index in [9.17, 15) is 9.59 Å². The molecule has 0 saturated carbocycles. The third kappa shape index (κ3) is 6.65. The van der Waals surface area contributed by atoms with Gasteiger partial charge in [0.25, 0.3) is 0 Å². The minimum absolute atomic E-state index is 0.0739. The smallest absolute Gasteiger partial charge is 0.222 e. The van der Waals surface area contributed by atoms with E-state index in [2.05, 4.69) is 10.3 Å². The maximum atomic E-state index is 12.0. The molecule has 1 aromatic heterocycles. The highest BCUT2D eigenvalue weighted by atomic mass is 35.5. The van der Waals surface area contributed by atoms with Crippen molar-refractivity contribution in [1.29, 1.82) is 0 Å². The fourth-order valence-corrected chi connectivity index (χ4v) is 2.94. The number of pyridine rings is 1. The van der Waals surface area contributed by atoms with Gasteiger partial charge in [0.2, 0.25) is 11.8 Å². The highest BCUT2D eigenvalue weighted by molar-refractivity contribution is 6.35. The third-order valence-electron chi connectivity index (χ3n) is 3.93. The molecule has 2 aromatic rings. The van der Waals surface area contributed by atoms with Crippen molar-refractivity contribution in [1.82, 2.24) is 15.2 Å². The van der Waals surface area contributed by atoms with E-state index in [1.54, 1.807) is 29.4 Å². The average Bonchev–Trinajstić information content (AvgIpc) is 2.62. The molecule has 2 rings (SSSR count). The summed E-state index contributed by atoms with van der Waals surface area (Å²) in [6, 6.07) is 9.02. The van der Waals surface area contributed by atoms with Crippen molar-refractivity contribution in [2.45, 2.75) is 26.3 Å². The van der Waals surface area contributed by atoms with Crippen LogP contribution in [0.2, 0.25) is 10.0 Å². The van der Waals surface area contributed by atoms with Gasteiger partial charge in [-0.2, -0.15) is 0 Å². The zero-order chi connectivity index (χ0) is 18.9. The number of aromatic nitrogens is 1. The Bertz CT molecular complexity index is 754. The summed E-state index contributed by atoms with van der Waals surface area (Å²) in [5.74, 6) is -0.181. The Kier molecular flexibility index (Phi) is 7.88. The maximum Gasteiger partial charge on any atom is 0.222 e. The fraction of sp³-hybridized carbons (Fsp3) is 0.316. The van der Waals surface area contributed by atoms with Crippen molar-refractivity contribution in [2.75, 3.05) is 13.1 Å². The van der Waals surface area contributed by atoms with Crippen molar-refractivity contribution in [3.8, 4) is 0 Å². The zero-order valence-corrected chi connectivity index (χ0v) is 16.1. The first-order valence-corrected chi connectivity index (χ1v) is 9.06. The van der Waals surface area contributed by atoms with E-state index in [-0.39, 0.29) is 18.2 Å². The van der Waals surface area contributed by atoms with Crippen LogP contribution in [0.4, 0.5) is 0 Å². The van der Waals surface area contributed by atoms with Crippen LogP contribution in [-0.2, 0) is 22.6 Å². The summed E-state index contributed by atoms with van der Waals surface area (Å²) in [5.41, 5.74) is 1.85. The maximum absolute atomic E-state index is 12.0. The van der Waals surface area contributed by atoms with E-state index in [0.717, 1.165) is 11.1 Å². The Hall–Kier alpha value is -2.11. The predicted molar refractivity (Wildman–Crippen MR) is 103 cm³/mol. The standard InChI is InChI=1S/C19H21Cl2N3O2/c1-14(25)24(9-6-16-4-5-17(20)11-18(16)21)10-7-19(26)23-13-15-3-2-8-22-12-15/h2-5,8,11-12H,6-7,9-10,13H2,1H3,(H,23,26). The van der Waals surface area contributed by atoms with E-state index in [4.69, 9.17) is 23.2 Å². The summed E-state index contributed by atoms with van der Waals surface area (Å²) in [7, 11) is 0. The molecule has 0 aliphatic heterocycles. The van der Waals surface area contributed by atoms with Gasteiger partial charge in [0, 0.05) is 55.4 Å². The summed E-state index contributed by atoms with van der Waals surface area (Å²) < 4.78 is 0. The first-order chi connectivity index (χ1) is 12.5. The molecule has 0 spiro atoms. The molecule has 0 fully saturated rings. The number of rotatable bonds is 8. The molecule has 0 aliphatic carbocycles. The molecule has 26 heavy (non-hydrogen) atoms. The second kappa shape index (κ2) is 10.1. The Morgan fingerprint density at radius 3 is 2.65 bits per heavy atom. The lowest BCUT2D eigenvalue weighted by molar-refractivity contribution is -0.129. The van der Waals surface area contributed by atoms with Gasteiger partial charge >= 0.3 is 0 Å². The molecule has 1 aromatic carbocycles. The van der Waals surface area contributed by atoms with Crippen LogP contribution in [0.25, 0.3) is 0 Å². The van der Waals surface area contributed by atoms with Gasteiger partial charge in [0.1, 0.15) is 0 Å². The number of benzene rings is 1. The Labute approximate surface area is 163 Å². The topological polar surface area (TPSA) is 62.3 Å². The summed E-state index contributed by atoms with van der Waals surface area (Å²) in [5, 5.41) is 3.98. The number of hydrogen-bond donors (Lipinski definition) is 1. The lowest BCUT2D eigenvalue weighted by Crippen LogP contribution is -2.35.